The summed E-state index contributed by atoms with van der Waals surface area (Å²) >= 11 is 0. The first kappa shape index (κ1) is 16.4. The average molecular weight is 243 g/mol. The highest BCUT2D eigenvalue weighted by Gasteiger charge is 2.38. The van der Waals surface area contributed by atoms with Crippen LogP contribution < -0.4 is 0 Å². The van der Waals surface area contributed by atoms with E-state index >= 15 is 0 Å². The molecule has 0 amide bonds. The zero-order chi connectivity index (χ0) is 13.6. The molecule has 0 aliphatic heterocycles. The maximum Gasteiger partial charge on any atom is 0.312 e. The predicted octanol–water partition coefficient (Wildman–Crippen LogP) is 2.80. The molecule has 0 rings (SSSR count). The van der Waals surface area contributed by atoms with E-state index in [9.17, 15) is 4.79 Å². The van der Waals surface area contributed by atoms with Crippen molar-refractivity contribution in [1.29, 1.82) is 0 Å². The Bertz CT molecular complexity index is 236. The van der Waals surface area contributed by atoms with Crippen LogP contribution in [-0.2, 0) is 9.53 Å². The summed E-state index contributed by atoms with van der Waals surface area (Å²) in [4.78, 5) is 14.2. The van der Waals surface area contributed by atoms with Gasteiger partial charge < -0.3 is 9.64 Å². The van der Waals surface area contributed by atoms with Crippen LogP contribution in [0, 0.1) is 17.3 Å². The predicted molar refractivity (Wildman–Crippen MR) is 71.9 cm³/mol. The van der Waals surface area contributed by atoms with Crippen molar-refractivity contribution in [1.82, 2.24) is 4.90 Å². The minimum atomic E-state index is -0.361. The summed E-state index contributed by atoms with van der Waals surface area (Å²) in [6.45, 7) is 11.8. The van der Waals surface area contributed by atoms with Crippen molar-refractivity contribution in [3.63, 3.8) is 0 Å². The van der Waals surface area contributed by atoms with Crippen LogP contribution in [0.15, 0.2) is 0 Å². The number of ether oxygens (including phenoxy) is 1. The lowest BCUT2D eigenvalue weighted by molar-refractivity contribution is -0.159. The zero-order valence-electron chi connectivity index (χ0n) is 12.5. The van der Waals surface area contributed by atoms with Crippen molar-refractivity contribution >= 4 is 5.97 Å². The third-order valence-corrected chi connectivity index (χ3v) is 3.34. The molecule has 17 heavy (non-hydrogen) atoms. The molecular formula is C14H29NO2. The Kier molecular flexibility index (Phi) is 6.76. The molecule has 0 bridgehead atoms. The van der Waals surface area contributed by atoms with E-state index in [2.05, 4.69) is 27.7 Å². The van der Waals surface area contributed by atoms with Gasteiger partial charge in [-0.2, -0.15) is 0 Å². The number of hydrogen-bond donors (Lipinski definition) is 0. The number of nitrogens with zero attached hydrogens (tertiary/aromatic N) is 1. The molecule has 0 fully saturated rings. The molecule has 102 valence electrons. The van der Waals surface area contributed by atoms with Crippen molar-refractivity contribution in [2.75, 3.05) is 27.2 Å². The second kappa shape index (κ2) is 7.00. The Morgan fingerprint density at radius 1 is 1.24 bits per heavy atom. The quantitative estimate of drug-likeness (QED) is 0.644. The monoisotopic (exact) mass is 243 g/mol. The van der Waals surface area contributed by atoms with Crippen molar-refractivity contribution in [3.8, 4) is 0 Å². The van der Waals surface area contributed by atoms with E-state index in [1.165, 1.54) is 0 Å². The third kappa shape index (κ3) is 5.53. The third-order valence-electron chi connectivity index (χ3n) is 3.34. The topological polar surface area (TPSA) is 29.5 Å². The van der Waals surface area contributed by atoms with Crippen LogP contribution in [0.5, 0.6) is 0 Å². The number of esters is 1. The van der Waals surface area contributed by atoms with Gasteiger partial charge >= 0.3 is 5.97 Å². The zero-order valence-corrected chi connectivity index (χ0v) is 12.5. The molecule has 0 aromatic rings. The summed E-state index contributed by atoms with van der Waals surface area (Å²) in [5, 5.41) is 0. The highest BCUT2D eigenvalue weighted by Crippen LogP contribution is 2.35. The van der Waals surface area contributed by atoms with Crippen LogP contribution in [0.4, 0.5) is 0 Å². The van der Waals surface area contributed by atoms with Gasteiger partial charge in [-0.1, -0.05) is 27.7 Å². The van der Waals surface area contributed by atoms with E-state index in [-0.39, 0.29) is 11.4 Å². The Morgan fingerprint density at radius 3 is 2.12 bits per heavy atom. The number of likely N-dealkylation sites (N-methyl/N-ethyl adjacent to an activating group) is 1. The summed E-state index contributed by atoms with van der Waals surface area (Å²) in [5.41, 5.74) is -0.361. The van der Waals surface area contributed by atoms with Crippen LogP contribution in [0.2, 0.25) is 0 Å². The molecule has 3 heteroatoms. The molecule has 0 aliphatic carbocycles. The van der Waals surface area contributed by atoms with E-state index in [1.807, 2.05) is 25.9 Å². The molecule has 0 radical (unpaired) electrons. The summed E-state index contributed by atoms with van der Waals surface area (Å²) < 4.78 is 5.40. The number of rotatable bonds is 7. The van der Waals surface area contributed by atoms with Crippen molar-refractivity contribution in [2.24, 2.45) is 17.3 Å². The number of carbonyl (C=O) groups is 1. The fourth-order valence-electron chi connectivity index (χ4n) is 1.89. The summed E-state index contributed by atoms with van der Waals surface area (Å²) in [5.74, 6) is 0.753. The lowest BCUT2D eigenvalue weighted by atomic mass is 9.73. The molecule has 0 aliphatic rings. The molecule has 0 spiro atoms. The Balaban J connectivity index is 4.44. The molecular weight excluding hydrogens is 214 g/mol. The van der Waals surface area contributed by atoms with Gasteiger partial charge in [-0.05, 0) is 39.3 Å². The minimum Gasteiger partial charge on any atom is -0.464 e. The van der Waals surface area contributed by atoms with E-state index in [4.69, 9.17) is 4.74 Å². The molecule has 0 saturated heterocycles. The lowest BCUT2D eigenvalue weighted by Gasteiger charge is -2.33. The first-order valence-corrected chi connectivity index (χ1v) is 6.52. The van der Waals surface area contributed by atoms with E-state index in [0.29, 0.717) is 18.4 Å². The normalized spacial score (nSPS) is 15.4. The fraction of sp³-hybridized carbons (Fsp3) is 0.929. The first-order chi connectivity index (χ1) is 7.70. The van der Waals surface area contributed by atoms with E-state index < -0.39 is 0 Å². The summed E-state index contributed by atoms with van der Waals surface area (Å²) in [7, 11) is 3.95. The maximum absolute atomic E-state index is 12.2. The first-order valence-electron chi connectivity index (χ1n) is 6.52. The lowest BCUT2D eigenvalue weighted by Crippen LogP contribution is -2.37. The van der Waals surface area contributed by atoms with Gasteiger partial charge in [0.05, 0.1) is 5.41 Å². The smallest absolute Gasteiger partial charge is 0.312 e. The van der Waals surface area contributed by atoms with Gasteiger partial charge in [0.2, 0.25) is 0 Å². The largest absolute Gasteiger partial charge is 0.464 e. The summed E-state index contributed by atoms with van der Waals surface area (Å²) in [6.07, 6.45) is 0.880. The van der Waals surface area contributed by atoms with Crippen molar-refractivity contribution in [2.45, 2.75) is 41.0 Å². The molecule has 1 unspecified atom stereocenters. The van der Waals surface area contributed by atoms with Crippen molar-refractivity contribution < 1.29 is 9.53 Å². The Morgan fingerprint density at radius 2 is 1.76 bits per heavy atom. The van der Waals surface area contributed by atoms with Gasteiger partial charge in [0.1, 0.15) is 6.61 Å². The molecule has 0 aromatic heterocycles. The molecule has 1 atom stereocenters. The fourth-order valence-corrected chi connectivity index (χ4v) is 1.89. The van der Waals surface area contributed by atoms with Gasteiger partial charge in [-0.25, -0.2) is 0 Å². The highest BCUT2D eigenvalue weighted by atomic mass is 16.5. The second-order valence-corrected chi connectivity index (χ2v) is 6.11. The Labute approximate surface area is 107 Å². The van der Waals surface area contributed by atoms with Gasteiger partial charge in [0.25, 0.3) is 0 Å². The number of carbonyl (C=O) groups excluding carboxylic acids is 1. The van der Waals surface area contributed by atoms with Crippen LogP contribution in [0.3, 0.4) is 0 Å². The van der Waals surface area contributed by atoms with E-state index in [1.54, 1.807) is 0 Å². The SMILES string of the molecule is CC(C)CC(C)(C(=O)OCCN(C)C)C(C)C. The molecule has 0 aromatic carbocycles. The van der Waals surface area contributed by atoms with Crippen LogP contribution in [-0.4, -0.2) is 38.1 Å². The van der Waals surface area contributed by atoms with Gasteiger partial charge in [0.15, 0.2) is 0 Å². The summed E-state index contributed by atoms with van der Waals surface area (Å²) in [6, 6.07) is 0. The van der Waals surface area contributed by atoms with Crippen LogP contribution in [0.25, 0.3) is 0 Å². The standard InChI is InChI=1S/C14H29NO2/c1-11(2)10-14(5,12(3)4)13(16)17-9-8-15(6)7/h11-12H,8-10H2,1-7H3. The number of hydrogen-bond acceptors (Lipinski definition) is 3. The van der Waals surface area contributed by atoms with Gasteiger partial charge in [0, 0.05) is 6.54 Å². The maximum atomic E-state index is 12.2. The molecule has 0 saturated carbocycles. The molecule has 3 nitrogen and oxygen atoms in total. The van der Waals surface area contributed by atoms with Crippen LogP contribution >= 0.6 is 0 Å². The molecule has 0 heterocycles. The van der Waals surface area contributed by atoms with Crippen LogP contribution in [0.1, 0.15) is 41.0 Å². The van der Waals surface area contributed by atoms with Gasteiger partial charge in [-0.15, -0.1) is 0 Å². The Hall–Kier alpha value is -0.570. The van der Waals surface area contributed by atoms with E-state index in [0.717, 1.165) is 13.0 Å². The second-order valence-electron chi connectivity index (χ2n) is 6.11. The van der Waals surface area contributed by atoms with Gasteiger partial charge in [-0.3, -0.25) is 4.79 Å². The minimum absolute atomic E-state index is 0.0527. The average Bonchev–Trinajstić information content (AvgIpc) is 2.15. The molecule has 0 N–H and O–H groups in total. The highest BCUT2D eigenvalue weighted by molar-refractivity contribution is 5.76. The van der Waals surface area contributed by atoms with Crippen molar-refractivity contribution in [3.05, 3.63) is 0 Å².